The summed E-state index contributed by atoms with van der Waals surface area (Å²) in [5.41, 5.74) is 1.90. The highest BCUT2D eigenvalue weighted by molar-refractivity contribution is 7.13. The molecule has 33 heavy (non-hydrogen) atoms. The van der Waals surface area contributed by atoms with Gasteiger partial charge in [0.25, 0.3) is 0 Å². The first-order valence-corrected chi connectivity index (χ1v) is 11.8. The third-order valence-electron chi connectivity index (χ3n) is 5.28. The fourth-order valence-electron chi connectivity index (χ4n) is 3.60. The van der Waals surface area contributed by atoms with Gasteiger partial charge < -0.3 is 15.1 Å². The zero-order valence-corrected chi connectivity index (χ0v) is 19.3. The van der Waals surface area contributed by atoms with Gasteiger partial charge in [-0.1, -0.05) is 29.8 Å². The average Bonchev–Trinajstić information content (AvgIpc) is 3.25. The molecule has 2 N–H and O–H groups in total. The van der Waals surface area contributed by atoms with Crippen LogP contribution in [0.5, 0.6) is 0 Å². The Morgan fingerprint density at radius 3 is 2.61 bits per heavy atom. The molecule has 7 nitrogen and oxygen atoms in total. The Morgan fingerprint density at radius 2 is 1.85 bits per heavy atom. The van der Waals surface area contributed by atoms with Crippen molar-refractivity contribution < 1.29 is 14.0 Å². The molecule has 0 aliphatic carbocycles. The van der Waals surface area contributed by atoms with Crippen LogP contribution in [0.25, 0.3) is 0 Å². The predicted octanol–water partition coefficient (Wildman–Crippen LogP) is 4.86. The maximum atomic E-state index is 14.0. The maximum absolute atomic E-state index is 14.0. The molecule has 0 atom stereocenters. The second-order valence-electron chi connectivity index (χ2n) is 7.55. The summed E-state index contributed by atoms with van der Waals surface area (Å²) in [5.74, 6) is -0.198. The number of para-hydroxylation sites is 1. The van der Waals surface area contributed by atoms with Crippen LogP contribution in [0.2, 0.25) is 5.02 Å². The molecule has 3 amide bonds. The molecule has 2 heterocycles. The smallest absolute Gasteiger partial charge is 0.325 e. The molecule has 1 aliphatic rings. The lowest BCUT2D eigenvalue weighted by molar-refractivity contribution is -0.131. The minimum Gasteiger partial charge on any atom is -0.366 e. The standard InChI is InChI=1S/C23H23ClFN5O2S/c24-16-4-3-5-17(14-16)26-22(32)28-23-27-18(15-33-23)8-9-21(31)30-12-10-29(11-13-30)20-7-2-1-6-19(20)25/h1-7,14-15H,8-13H2,(H2,26,27,28,32). The van der Waals surface area contributed by atoms with Gasteiger partial charge in [-0.15, -0.1) is 11.3 Å². The first-order chi connectivity index (χ1) is 16.0. The van der Waals surface area contributed by atoms with Crippen LogP contribution in [0.15, 0.2) is 53.9 Å². The fraction of sp³-hybridized carbons (Fsp3) is 0.261. The lowest BCUT2D eigenvalue weighted by Crippen LogP contribution is -2.49. The molecule has 2 aromatic carbocycles. The second-order valence-corrected chi connectivity index (χ2v) is 8.85. The van der Waals surface area contributed by atoms with Crippen LogP contribution in [-0.4, -0.2) is 48.0 Å². The number of nitrogens with zero attached hydrogens (tertiary/aromatic N) is 3. The largest absolute Gasteiger partial charge is 0.366 e. The lowest BCUT2D eigenvalue weighted by Gasteiger charge is -2.36. The van der Waals surface area contributed by atoms with Gasteiger partial charge in [-0.25, -0.2) is 14.2 Å². The van der Waals surface area contributed by atoms with Gasteiger partial charge in [-0.2, -0.15) is 0 Å². The zero-order chi connectivity index (χ0) is 23.2. The first-order valence-electron chi connectivity index (χ1n) is 10.5. The van der Waals surface area contributed by atoms with Crippen LogP contribution in [0.1, 0.15) is 12.1 Å². The van der Waals surface area contributed by atoms with E-state index in [4.69, 9.17) is 11.6 Å². The molecule has 1 fully saturated rings. The first kappa shape index (κ1) is 23.0. The molecular weight excluding hydrogens is 465 g/mol. The molecule has 3 aromatic rings. The Bertz CT molecular complexity index is 1130. The van der Waals surface area contributed by atoms with E-state index in [1.807, 2.05) is 16.3 Å². The van der Waals surface area contributed by atoms with E-state index in [0.29, 0.717) is 60.5 Å². The summed E-state index contributed by atoms with van der Waals surface area (Å²) in [6.07, 6.45) is 0.817. The van der Waals surface area contributed by atoms with Crippen molar-refractivity contribution >= 4 is 51.4 Å². The zero-order valence-electron chi connectivity index (χ0n) is 17.8. The molecule has 172 valence electrons. The number of hydrogen-bond acceptors (Lipinski definition) is 5. The molecule has 1 aromatic heterocycles. The quantitative estimate of drug-likeness (QED) is 0.520. The number of benzene rings is 2. The van der Waals surface area contributed by atoms with E-state index in [1.54, 1.807) is 41.3 Å². The molecule has 1 saturated heterocycles. The number of aromatic nitrogens is 1. The number of urea groups is 1. The number of carbonyl (C=O) groups is 2. The molecule has 4 rings (SSSR count). The SMILES string of the molecule is O=C(Nc1cccc(Cl)c1)Nc1nc(CCC(=O)N2CCN(c3ccccc3F)CC2)cs1. The summed E-state index contributed by atoms with van der Waals surface area (Å²) in [5, 5.41) is 8.20. The van der Waals surface area contributed by atoms with Crippen molar-refractivity contribution in [2.45, 2.75) is 12.8 Å². The van der Waals surface area contributed by atoms with Gasteiger partial charge in [0.05, 0.1) is 11.4 Å². The summed E-state index contributed by atoms with van der Waals surface area (Å²) in [6, 6.07) is 13.1. The molecule has 0 unspecified atom stereocenters. The maximum Gasteiger partial charge on any atom is 0.325 e. The highest BCUT2D eigenvalue weighted by atomic mass is 35.5. The van der Waals surface area contributed by atoms with Crippen molar-refractivity contribution in [2.24, 2.45) is 0 Å². The van der Waals surface area contributed by atoms with Crippen molar-refractivity contribution in [3.05, 3.63) is 70.4 Å². The molecule has 0 saturated carbocycles. The Hall–Kier alpha value is -3.17. The lowest BCUT2D eigenvalue weighted by atomic mass is 10.2. The molecule has 0 spiro atoms. The Morgan fingerprint density at radius 1 is 1.06 bits per heavy atom. The van der Waals surface area contributed by atoms with E-state index >= 15 is 0 Å². The van der Waals surface area contributed by atoms with Crippen molar-refractivity contribution in [3.8, 4) is 0 Å². The number of halogens is 2. The third-order valence-corrected chi connectivity index (χ3v) is 6.32. The minimum atomic E-state index is -0.415. The van der Waals surface area contributed by atoms with Gasteiger partial charge in [-0.3, -0.25) is 10.1 Å². The summed E-state index contributed by atoms with van der Waals surface area (Å²) >= 11 is 7.22. The number of thiazole rings is 1. The van der Waals surface area contributed by atoms with Crippen LogP contribution in [-0.2, 0) is 11.2 Å². The van der Waals surface area contributed by atoms with E-state index in [9.17, 15) is 14.0 Å². The van der Waals surface area contributed by atoms with Crippen molar-refractivity contribution in [1.29, 1.82) is 0 Å². The van der Waals surface area contributed by atoms with E-state index in [2.05, 4.69) is 15.6 Å². The number of nitrogens with one attached hydrogen (secondary N) is 2. The Labute approximate surface area is 200 Å². The molecule has 0 radical (unpaired) electrons. The molecule has 1 aliphatic heterocycles. The Kier molecular flexibility index (Phi) is 7.41. The summed E-state index contributed by atoms with van der Waals surface area (Å²) in [4.78, 5) is 32.9. The highest BCUT2D eigenvalue weighted by Crippen LogP contribution is 2.21. The number of piperazine rings is 1. The van der Waals surface area contributed by atoms with E-state index in [1.165, 1.54) is 17.4 Å². The van der Waals surface area contributed by atoms with Crippen LogP contribution in [0.4, 0.5) is 25.7 Å². The van der Waals surface area contributed by atoms with E-state index in [-0.39, 0.29) is 11.7 Å². The fourth-order valence-corrected chi connectivity index (χ4v) is 4.53. The van der Waals surface area contributed by atoms with Gasteiger partial charge in [0.2, 0.25) is 5.91 Å². The molecule has 10 heteroatoms. The normalized spacial score (nSPS) is 13.6. The van der Waals surface area contributed by atoms with Crippen LogP contribution in [0, 0.1) is 5.82 Å². The minimum absolute atomic E-state index is 0.0457. The van der Waals surface area contributed by atoms with Gasteiger partial charge in [0, 0.05) is 48.7 Å². The summed E-state index contributed by atoms with van der Waals surface area (Å²) < 4.78 is 14.0. The molecule has 0 bridgehead atoms. The van der Waals surface area contributed by atoms with Gasteiger partial charge in [-0.05, 0) is 36.8 Å². The number of hydrogen-bond donors (Lipinski definition) is 2. The number of carbonyl (C=O) groups excluding carboxylic acids is 2. The summed E-state index contributed by atoms with van der Waals surface area (Å²) in [6.45, 7) is 2.31. The van der Waals surface area contributed by atoms with Crippen molar-refractivity contribution in [1.82, 2.24) is 9.88 Å². The van der Waals surface area contributed by atoms with E-state index in [0.717, 1.165) is 5.69 Å². The number of rotatable bonds is 6. The van der Waals surface area contributed by atoms with Gasteiger partial charge >= 0.3 is 6.03 Å². The summed E-state index contributed by atoms with van der Waals surface area (Å²) in [7, 11) is 0. The number of amides is 3. The molecular formula is C23H23ClFN5O2S. The van der Waals surface area contributed by atoms with Crippen molar-refractivity contribution in [3.63, 3.8) is 0 Å². The van der Waals surface area contributed by atoms with Gasteiger partial charge in [0.1, 0.15) is 5.82 Å². The third kappa shape index (κ3) is 6.21. The highest BCUT2D eigenvalue weighted by Gasteiger charge is 2.22. The Balaban J connectivity index is 1.22. The van der Waals surface area contributed by atoms with Crippen molar-refractivity contribution in [2.75, 3.05) is 41.7 Å². The second kappa shape index (κ2) is 10.6. The monoisotopic (exact) mass is 487 g/mol. The van der Waals surface area contributed by atoms with Crippen LogP contribution >= 0.6 is 22.9 Å². The topological polar surface area (TPSA) is 77.6 Å². The number of anilines is 3. The average molecular weight is 488 g/mol. The van der Waals surface area contributed by atoms with Crippen LogP contribution in [0.3, 0.4) is 0 Å². The predicted molar refractivity (Wildman–Crippen MR) is 130 cm³/mol. The van der Waals surface area contributed by atoms with Crippen LogP contribution < -0.4 is 15.5 Å². The van der Waals surface area contributed by atoms with Gasteiger partial charge in [0.15, 0.2) is 5.13 Å². The van der Waals surface area contributed by atoms with E-state index < -0.39 is 6.03 Å². The number of aryl methyl sites for hydroxylation is 1.